The van der Waals surface area contributed by atoms with Crippen molar-refractivity contribution >= 4 is 44.7 Å². The molecule has 0 spiro atoms. The smallest absolute Gasteiger partial charge is 0.250 e. The normalized spacial score (nSPS) is 12.7. The van der Waals surface area contributed by atoms with Crippen molar-refractivity contribution in [2.75, 3.05) is 5.32 Å². The topological polar surface area (TPSA) is 93.1 Å². The van der Waals surface area contributed by atoms with E-state index in [1.165, 1.54) is 24.8 Å². The van der Waals surface area contributed by atoms with Crippen LogP contribution in [-0.4, -0.2) is 29.9 Å². The molecule has 2 aromatic heterocycles. The zero-order valence-electron chi connectivity index (χ0n) is 14.6. The van der Waals surface area contributed by atoms with Gasteiger partial charge in [-0.15, -0.1) is 11.3 Å². The molecule has 0 aliphatic carbocycles. The van der Waals surface area contributed by atoms with Crippen molar-refractivity contribution in [3.63, 3.8) is 0 Å². The number of aromatic nitrogens is 2. The van der Waals surface area contributed by atoms with Crippen molar-refractivity contribution < 1.29 is 13.2 Å². The van der Waals surface area contributed by atoms with Crippen LogP contribution in [0.3, 0.4) is 0 Å². The highest BCUT2D eigenvalue weighted by atomic mass is 32.2. The average molecular weight is 423 g/mol. The standard InChI is InChI=1S/C17H18N4O3S3/c1-12(20-27(23,24)15-4-3-11-25-15)16(22)19-13-5-7-14(8-6-13)26-17-18-9-10-21(17)2/h3-12,20H,1-2H3,(H,19,22). The van der Waals surface area contributed by atoms with Gasteiger partial charge in [0.2, 0.25) is 5.91 Å². The molecule has 0 radical (unpaired) electrons. The number of amides is 1. The lowest BCUT2D eigenvalue weighted by molar-refractivity contribution is -0.117. The van der Waals surface area contributed by atoms with E-state index >= 15 is 0 Å². The van der Waals surface area contributed by atoms with Gasteiger partial charge in [0.1, 0.15) is 4.21 Å². The lowest BCUT2D eigenvalue weighted by Gasteiger charge is -2.14. The molecular formula is C17H18N4O3S3. The Labute approximate surface area is 165 Å². The molecule has 0 saturated carbocycles. The highest BCUT2D eigenvalue weighted by Gasteiger charge is 2.22. The number of carbonyl (C=O) groups is 1. The first-order valence-electron chi connectivity index (χ1n) is 7.97. The Balaban J connectivity index is 1.59. The van der Waals surface area contributed by atoms with Crippen molar-refractivity contribution in [3.8, 4) is 0 Å². The maximum Gasteiger partial charge on any atom is 0.250 e. The summed E-state index contributed by atoms with van der Waals surface area (Å²) in [5.41, 5.74) is 0.589. The van der Waals surface area contributed by atoms with Gasteiger partial charge >= 0.3 is 0 Å². The number of aryl methyl sites for hydroxylation is 1. The number of sulfonamides is 1. The third kappa shape index (κ3) is 4.98. The van der Waals surface area contributed by atoms with E-state index in [1.807, 2.05) is 29.9 Å². The third-order valence-electron chi connectivity index (χ3n) is 3.59. The van der Waals surface area contributed by atoms with Gasteiger partial charge in [0.15, 0.2) is 5.16 Å². The molecular weight excluding hydrogens is 404 g/mol. The molecule has 27 heavy (non-hydrogen) atoms. The molecule has 142 valence electrons. The lowest BCUT2D eigenvalue weighted by atomic mass is 10.3. The fourth-order valence-electron chi connectivity index (χ4n) is 2.17. The van der Waals surface area contributed by atoms with Gasteiger partial charge in [-0.25, -0.2) is 13.4 Å². The molecule has 0 fully saturated rings. The molecule has 2 heterocycles. The second-order valence-electron chi connectivity index (χ2n) is 5.71. The summed E-state index contributed by atoms with van der Waals surface area (Å²) in [6.45, 7) is 1.51. The van der Waals surface area contributed by atoms with Gasteiger partial charge in [0.25, 0.3) is 10.0 Å². The van der Waals surface area contributed by atoms with E-state index in [2.05, 4.69) is 15.0 Å². The van der Waals surface area contributed by atoms with Crippen molar-refractivity contribution in [3.05, 3.63) is 54.2 Å². The van der Waals surface area contributed by atoms with Crippen LogP contribution in [-0.2, 0) is 21.9 Å². The number of thiophene rings is 1. The van der Waals surface area contributed by atoms with Crippen LogP contribution in [0.15, 0.2) is 68.4 Å². The van der Waals surface area contributed by atoms with Crippen LogP contribution < -0.4 is 10.0 Å². The minimum absolute atomic E-state index is 0.179. The van der Waals surface area contributed by atoms with Crippen LogP contribution >= 0.6 is 23.1 Å². The molecule has 1 aromatic carbocycles. The summed E-state index contributed by atoms with van der Waals surface area (Å²) in [7, 11) is -1.78. The molecule has 3 aromatic rings. The fraction of sp³-hybridized carbons (Fsp3) is 0.176. The second kappa shape index (κ2) is 8.26. The van der Waals surface area contributed by atoms with Crippen molar-refractivity contribution in [1.82, 2.24) is 14.3 Å². The number of hydrogen-bond donors (Lipinski definition) is 2. The minimum atomic E-state index is -3.70. The van der Waals surface area contributed by atoms with Gasteiger partial charge in [-0.05, 0) is 42.6 Å². The monoisotopic (exact) mass is 422 g/mol. The molecule has 1 atom stereocenters. The molecule has 3 rings (SSSR count). The van der Waals surface area contributed by atoms with Crippen LogP contribution in [0.4, 0.5) is 5.69 Å². The molecule has 7 nitrogen and oxygen atoms in total. The maximum absolute atomic E-state index is 12.3. The number of benzene rings is 1. The molecule has 1 amide bonds. The van der Waals surface area contributed by atoms with Crippen molar-refractivity contribution in [1.29, 1.82) is 0 Å². The summed E-state index contributed by atoms with van der Waals surface area (Å²) in [6.07, 6.45) is 3.60. The van der Waals surface area contributed by atoms with Crippen LogP contribution in [0.25, 0.3) is 0 Å². The predicted octanol–water partition coefficient (Wildman–Crippen LogP) is 2.94. The van der Waals surface area contributed by atoms with Crippen LogP contribution in [0.1, 0.15) is 6.92 Å². The highest BCUT2D eigenvalue weighted by molar-refractivity contribution is 7.99. The van der Waals surface area contributed by atoms with Gasteiger partial charge in [-0.1, -0.05) is 17.8 Å². The summed E-state index contributed by atoms with van der Waals surface area (Å²) in [4.78, 5) is 17.5. The number of rotatable bonds is 7. The van der Waals surface area contributed by atoms with Gasteiger partial charge in [0.05, 0.1) is 6.04 Å². The first kappa shape index (κ1) is 19.6. The fourth-order valence-corrected chi connectivity index (χ4v) is 5.19. The van der Waals surface area contributed by atoms with E-state index in [9.17, 15) is 13.2 Å². The van der Waals surface area contributed by atoms with Gasteiger partial charge in [0, 0.05) is 30.0 Å². The average Bonchev–Trinajstić information content (AvgIpc) is 3.29. The Hall–Kier alpha value is -2.14. The van der Waals surface area contributed by atoms with E-state index in [-0.39, 0.29) is 4.21 Å². The third-order valence-corrected chi connectivity index (χ3v) is 7.62. The first-order valence-corrected chi connectivity index (χ1v) is 11.1. The number of nitrogens with zero attached hydrogens (tertiary/aromatic N) is 2. The number of imidazole rings is 1. The molecule has 0 aliphatic rings. The molecule has 10 heteroatoms. The quantitative estimate of drug-likeness (QED) is 0.611. The summed E-state index contributed by atoms with van der Waals surface area (Å²) in [5, 5.41) is 5.25. The van der Waals surface area contributed by atoms with Gasteiger partial charge < -0.3 is 9.88 Å². The van der Waals surface area contributed by atoms with E-state index in [1.54, 1.807) is 29.8 Å². The maximum atomic E-state index is 12.3. The Morgan fingerprint density at radius 2 is 2.00 bits per heavy atom. The molecule has 2 N–H and O–H groups in total. The predicted molar refractivity (Wildman–Crippen MR) is 107 cm³/mol. The Bertz CT molecular complexity index is 1010. The summed E-state index contributed by atoms with van der Waals surface area (Å²) in [6, 6.07) is 9.52. The molecule has 1 unspecified atom stereocenters. The summed E-state index contributed by atoms with van der Waals surface area (Å²) >= 11 is 2.61. The molecule has 0 bridgehead atoms. The van der Waals surface area contributed by atoms with E-state index in [4.69, 9.17) is 0 Å². The Kier molecular flexibility index (Phi) is 6.00. The number of nitrogens with one attached hydrogen (secondary N) is 2. The SMILES string of the molecule is CC(NS(=O)(=O)c1cccs1)C(=O)Nc1ccc(Sc2nccn2C)cc1. The Morgan fingerprint density at radius 1 is 1.26 bits per heavy atom. The van der Waals surface area contributed by atoms with E-state index in [0.717, 1.165) is 21.4 Å². The van der Waals surface area contributed by atoms with E-state index < -0.39 is 22.0 Å². The van der Waals surface area contributed by atoms with Crippen molar-refractivity contribution in [2.24, 2.45) is 7.05 Å². The number of carbonyl (C=O) groups excluding carboxylic acids is 1. The number of hydrogen-bond acceptors (Lipinski definition) is 6. The molecule has 0 aliphatic heterocycles. The minimum Gasteiger partial charge on any atom is -0.329 e. The largest absolute Gasteiger partial charge is 0.329 e. The second-order valence-corrected chi connectivity index (χ2v) is 9.64. The van der Waals surface area contributed by atoms with Crippen LogP contribution in [0.5, 0.6) is 0 Å². The van der Waals surface area contributed by atoms with E-state index in [0.29, 0.717) is 5.69 Å². The highest BCUT2D eigenvalue weighted by Crippen LogP contribution is 2.26. The number of anilines is 1. The van der Waals surface area contributed by atoms with Crippen molar-refractivity contribution in [2.45, 2.75) is 27.2 Å². The van der Waals surface area contributed by atoms with Gasteiger partial charge in [-0.3, -0.25) is 4.79 Å². The zero-order chi connectivity index (χ0) is 19.4. The lowest BCUT2D eigenvalue weighted by Crippen LogP contribution is -2.41. The summed E-state index contributed by atoms with van der Waals surface area (Å²) < 4.78 is 28.9. The molecule has 0 saturated heterocycles. The van der Waals surface area contributed by atoms with Crippen LogP contribution in [0.2, 0.25) is 0 Å². The Morgan fingerprint density at radius 3 is 2.59 bits per heavy atom. The van der Waals surface area contributed by atoms with Gasteiger partial charge in [-0.2, -0.15) is 4.72 Å². The van der Waals surface area contributed by atoms with Crippen LogP contribution in [0, 0.1) is 0 Å². The summed E-state index contributed by atoms with van der Waals surface area (Å²) in [5.74, 6) is -0.431. The zero-order valence-corrected chi connectivity index (χ0v) is 17.1. The first-order chi connectivity index (χ1) is 12.8.